The van der Waals surface area contributed by atoms with E-state index in [-0.39, 0.29) is 51.7 Å². The van der Waals surface area contributed by atoms with Crippen LogP contribution in [0.15, 0.2) is 91.0 Å². The lowest BCUT2D eigenvalue weighted by molar-refractivity contribution is -0.159. The summed E-state index contributed by atoms with van der Waals surface area (Å²) in [5.41, 5.74) is 0.395. The second-order valence-corrected chi connectivity index (χ2v) is 18.9. The van der Waals surface area contributed by atoms with Gasteiger partial charge in [-0.1, -0.05) is 91.0 Å². The summed E-state index contributed by atoms with van der Waals surface area (Å²) in [7, 11) is 0. The lowest BCUT2D eigenvalue weighted by Crippen LogP contribution is -2.54. The van der Waals surface area contributed by atoms with E-state index in [1.54, 1.807) is 133 Å². The van der Waals surface area contributed by atoms with Gasteiger partial charge < -0.3 is 50.4 Å². The van der Waals surface area contributed by atoms with Crippen LogP contribution in [0.5, 0.6) is 0 Å². The van der Waals surface area contributed by atoms with Crippen molar-refractivity contribution >= 4 is 53.5 Å². The summed E-state index contributed by atoms with van der Waals surface area (Å²) >= 11 is 0. The number of ether oxygens (including phenoxy) is 4. The molecule has 0 saturated carbocycles. The minimum Gasteiger partial charge on any atom is -0.461 e. The Kier molecular flexibility index (Phi) is 20.9. The van der Waals surface area contributed by atoms with Gasteiger partial charge in [0.2, 0.25) is 29.5 Å². The highest BCUT2D eigenvalue weighted by Gasteiger charge is 2.40. The standard InChI is InChI=1S/C51H66N6O13/c1-33-27-40(56-45(62)39(28-34-17-11-8-12-18-34)55-42(59)29-52-49(66)70-51(5,6)7)46(63)57(33)30-43(60)54-38(48(65)69-50(2,3)4)23-25-41(58)53-37(47(64)68-32-36-21-15-10-16-22-36)24-26-44(61)67-31-35-19-13-9-14-20-35/h8-22,33,37-40H,23-32H2,1-7H3,(H,52,66)(H,53,58)(H,54,60)(H,55,59)(H,56,62). The van der Waals surface area contributed by atoms with Crippen molar-refractivity contribution in [1.29, 1.82) is 0 Å². The molecule has 1 heterocycles. The van der Waals surface area contributed by atoms with Crippen molar-refractivity contribution < 1.29 is 62.1 Å². The van der Waals surface area contributed by atoms with Gasteiger partial charge >= 0.3 is 24.0 Å². The van der Waals surface area contributed by atoms with E-state index in [1.807, 2.05) is 6.07 Å². The first-order valence-electron chi connectivity index (χ1n) is 23.2. The molecule has 19 nitrogen and oxygen atoms in total. The van der Waals surface area contributed by atoms with Crippen LogP contribution in [0.25, 0.3) is 0 Å². The number of amides is 6. The van der Waals surface area contributed by atoms with E-state index in [0.717, 1.165) is 5.56 Å². The van der Waals surface area contributed by atoms with Crippen molar-refractivity contribution in [2.24, 2.45) is 0 Å². The minimum atomic E-state index is -1.37. The third-order valence-electron chi connectivity index (χ3n) is 10.5. The number of hydrogen-bond acceptors (Lipinski definition) is 13. The monoisotopic (exact) mass is 970 g/mol. The predicted octanol–water partition coefficient (Wildman–Crippen LogP) is 3.70. The largest absolute Gasteiger partial charge is 0.461 e. The Bertz CT molecular complexity index is 2270. The molecule has 1 fully saturated rings. The molecule has 0 spiro atoms. The third-order valence-corrected chi connectivity index (χ3v) is 10.5. The van der Waals surface area contributed by atoms with Crippen molar-refractivity contribution in [3.8, 4) is 0 Å². The molecule has 3 aromatic carbocycles. The first-order valence-corrected chi connectivity index (χ1v) is 23.2. The molecule has 1 aliphatic rings. The van der Waals surface area contributed by atoms with Crippen LogP contribution in [0.1, 0.15) is 97.3 Å². The molecule has 4 rings (SSSR count). The van der Waals surface area contributed by atoms with Gasteiger partial charge in [-0.15, -0.1) is 0 Å². The van der Waals surface area contributed by atoms with Crippen molar-refractivity contribution in [3.63, 3.8) is 0 Å². The van der Waals surface area contributed by atoms with Crippen LogP contribution < -0.4 is 26.6 Å². The van der Waals surface area contributed by atoms with Gasteiger partial charge in [0, 0.05) is 25.3 Å². The van der Waals surface area contributed by atoms with Gasteiger partial charge in [-0.2, -0.15) is 0 Å². The highest BCUT2D eigenvalue weighted by Crippen LogP contribution is 2.20. The van der Waals surface area contributed by atoms with E-state index in [1.165, 1.54) is 4.90 Å². The van der Waals surface area contributed by atoms with Crippen LogP contribution in [-0.2, 0) is 76.9 Å². The lowest BCUT2D eigenvalue weighted by atomic mass is 10.0. The summed E-state index contributed by atoms with van der Waals surface area (Å²) in [6.07, 6.45) is -1.69. The topological polar surface area (TPSA) is 254 Å². The molecule has 5 N–H and O–H groups in total. The van der Waals surface area contributed by atoms with Gasteiger partial charge in [0.1, 0.15) is 55.1 Å². The van der Waals surface area contributed by atoms with Crippen molar-refractivity contribution in [2.75, 3.05) is 13.1 Å². The summed E-state index contributed by atoms with van der Waals surface area (Å²) in [5, 5.41) is 12.9. The maximum absolute atomic E-state index is 13.8. The number of hydrogen-bond donors (Lipinski definition) is 5. The number of carbonyl (C=O) groups excluding carboxylic acids is 9. The summed E-state index contributed by atoms with van der Waals surface area (Å²) < 4.78 is 21.6. The van der Waals surface area contributed by atoms with Gasteiger partial charge in [0.15, 0.2) is 0 Å². The van der Waals surface area contributed by atoms with Crippen LogP contribution >= 0.6 is 0 Å². The van der Waals surface area contributed by atoms with Crippen LogP contribution in [-0.4, -0.2) is 113 Å². The zero-order chi connectivity index (χ0) is 51.4. The Labute approximate surface area is 408 Å². The SMILES string of the molecule is CC1CC(NC(=O)C(Cc2ccccc2)NC(=O)CNC(=O)OC(C)(C)C)C(=O)N1CC(=O)NC(CCC(=O)NC(CCC(=O)OCc1ccccc1)C(=O)OCc1ccccc1)C(=O)OC(C)(C)C. The molecule has 5 atom stereocenters. The zero-order valence-electron chi connectivity index (χ0n) is 40.9. The molecule has 0 bridgehead atoms. The van der Waals surface area contributed by atoms with E-state index in [2.05, 4.69) is 26.6 Å². The smallest absolute Gasteiger partial charge is 0.408 e. The molecular formula is C51H66N6O13. The van der Waals surface area contributed by atoms with E-state index in [9.17, 15) is 43.2 Å². The number of esters is 3. The molecule has 1 aliphatic heterocycles. The number of nitrogens with zero attached hydrogens (tertiary/aromatic N) is 1. The molecular weight excluding hydrogens is 905 g/mol. The molecule has 5 unspecified atom stereocenters. The number of benzene rings is 3. The zero-order valence-corrected chi connectivity index (χ0v) is 40.9. The van der Waals surface area contributed by atoms with Crippen LogP contribution in [0.4, 0.5) is 4.79 Å². The Hall–Kier alpha value is -7.31. The van der Waals surface area contributed by atoms with Gasteiger partial charge in [-0.05, 0) is 84.4 Å². The van der Waals surface area contributed by atoms with E-state index in [0.29, 0.717) is 11.1 Å². The quantitative estimate of drug-likeness (QED) is 0.0673. The number of likely N-dealkylation sites (tertiary alicyclic amines) is 1. The maximum atomic E-state index is 13.8. The highest BCUT2D eigenvalue weighted by atomic mass is 16.6. The average Bonchev–Trinajstić information content (AvgIpc) is 3.55. The van der Waals surface area contributed by atoms with E-state index in [4.69, 9.17) is 18.9 Å². The Balaban J connectivity index is 1.38. The second-order valence-electron chi connectivity index (χ2n) is 18.9. The highest BCUT2D eigenvalue weighted by molar-refractivity contribution is 5.96. The second kappa shape index (κ2) is 26.4. The molecule has 0 aliphatic carbocycles. The fourth-order valence-electron chi connectivity index (χ4n) is 7.09. The summed E-state index contributed by atoms with van der Waals surface area (Å²) in [4.78, 5) is 120. The van der Waals surface area contributed by atoms with Crippen molar-refractivity contribution in [3.05, 3.63) is 108 Å². The van der Waals surface area contributed by atoms with Gasteiger partial charge in [-0.25, -0.2) is 14.4 Å². The number of nitrogens with one attached hydrogen (secondary N) is 5. The third kappa shape index (κ3) is 20.1. The normalized spacial score (nSPS) is 15.8. The Morgan fingerprint density at radius 2 is 1.11 bits per heavy atom. The number of alkyl carbamates (subject to hydrolysis) is 1. The molecule has 378 valence electrons. The summed E-state index contributed by atoms with van der Waals surface area (Å²) in [6.45, 7) is 10.5. The molecule has 6 amide bonds. The van der Waals surface area contributed by atoms with Crippen molar-refractivity contribution in [1.82, 2.24) is 31.5 Å². The summed E-state index contributed by atoms with van der Waals surface area (Å²) in [5.74, 6) is -5.65. The van der Waals surface area contributed by atoms with E-state index < -0.39 is 108 Å². The van der Waals surface area contributed by atoms with Crippen LogP contribution in [0, 0.1) is 0 Å². The number of carbonyl (C=O) groups is 9. The minimum absolute atomic E-state index is 0.0185. The fourth-order valence-corrected chi connectivity index (χ4v) is 7.09. The molecule has 19 heteroatoms. The molecule has 70 heavy (non-hydrogen) atoms. The number of rotatable bonds is 23. The first kappa shape index (κ1) is 55.3. The van der Waals surface area contributed by atoms with Gasteiger partial charge in [0.05, 0.1) is 6.54 Å². The average molecular weight is 971 g/mol. The van der Waals surface area contributed by atoms with Crippen LogP contribution in [0.2, 0.25) is 0 Å². The fraction of sp³-hybridized carbons (Fsp3) is 0.471. The Morgan fingerprint density at radius 3 is 1.69 bits per heavy atom. The van der Waals surface area contributed by atoms with Gasteiger partial charge in [0.25, 0.3) is 0 Å². The van der Waals surface area contributed by atoms with Crippen molar-refractivity contribution in [2.45, 2.75) is 142 Å². The van der Waals surface area contributed by atoms with Gasteiger partial charge in [-0.3, -0.25) is 28.8 Å². The molecule has 1 saturated heterocycles. The first-order chi connectivity index (χ1) is 33.0. The predicted molar refractivity (Wildman–Crippen MR) is 255 cm³/mol. The van der Waals surface area contributed by atoms with Crippen LogP contribution in [0.3, 0.4) is 0 Å². The van der Waals surface area contributed by atoms with E-state index >= 15 is 0 Å². The Morgan fingerprint density at radius 1 is 0.614 bits per heavy atom. The maximum Gasteiger partial charge on any atom is 0.408 e. The summed E-state index contributed by atoms with van der Waals surface area (Å²) in [6, 6.07) is 21.3. The molecule has 0 radical (unpaired) electrons. The lowest BCUT2D eigenvalue weighted by Gasteiger charge is -2.26. The molecule has 3 aromatic rings. The molecule has 0 aromatic heterocycles.